The number of aryl methyl sites for hydroxylation is 2. The maximum absolute atomic E-state index is 11.9. The maximum atomic E-state index is 11.9. The Morgan fingerprint density at radius 1 is 1.27 bits per heavy atom. The Morgan fingerprint density at radius 2 is 1.73 bits per heavy atom. The second kappa shape index (κ2) is 3.88. The summed E-state index contributed by atoms with van der Waals surface area (Å²) in [6.45, 7) is 3.27. The predicted octanol–water partition coefficient (Wildman–Crippen LogP) is 2.20. The van der Waals surface area contributed by atoms with Crippen LogP contribution in [0.3, 0.4) is 0 Å². The second-order valence-electron chi connectivity index (χ2n) is 3.09. The van der Waals surface area contributed by atoms with Crippen LogP contribution in [0.2, 0.25) is 0 Å². The van der Waals surface area contributed by atoms with E-state index in [-0.39, 0.29) is 5.69 Å². The van der Waals surface area contributed by atoms with E-state index in [1.165, 1.54) is 12.1 Å². The first-order valence-corrected chi connectivity index (χ1v) is 4.12. The van der Waals surface area contributed by atoms with Gasteiger partial charge in [0.15, 0.2) is 0 Å². The number of aromatic nitrogens is 1. The van der Waals surface area contributed by atoms with Gasteiger partial charge in [-0.3, -0.25) is 9.78 Å². The number of hydrogen-bond donors (Lipinski definition) is 1. The smallest absolute Gasteiger partial charge is 0.318 e. The van der Waals surface area contributed by atoms with Gasteiger partial charge in [0, 0.05) is 17.1 Å². The van der Waals surface area contributed by atoms with Crippen LogP contribution in [0.1, 0.15) is 11.4 Å². The first kappa shape index (κ1) is 11.5. The van der Waals surface area contributed by atoms with Crippen LogP contribution in [0.25, 0.3) is 0 Å². The van der Waals surface area contributed by atoms with Crippen molar-refractivity contribution in [1.29, 1.82) is 0 Å². The van der Waals surface area contributed by atoms with Gasteiger partial charge in [-0.05, 0) is 26.0 Å². The molecule has 0 fully saturated rings. The molecule has 0 bridgehead atoms. The fraction of sp³-hybridized carbons (Fsp3) is 0.333. The van der Waals surface area contributed by atoms with E-state index < -0.39 is 12.1 Å². The zero-order valence-corrected chi connectivity index (χ0v) is 8.14. The van der Waals surface area contributed by atoms with Gasteiger partial charge in [-0.1, -0.05) is 0 Å². The molecule has 6 heteroatoms. The Bertz CT molecular complexity index is 367. The molecule has 0 aliphatic rings. The van der Waals surface area contributed by atoms with Crippen molar-refractivity contribution in [3.63, 3.8) is 0 Å². The van der Waals surface area contributed by atoms with E-state index in [9.17, 15) is 18.0 Å². The molecule has 0 aliphatic heterocycles. The first-order chi connectivity index (χ1) is 6.79. The zero-order valence-electron chi connectivity index (χ0n) is 8.14. The number of pyridine rings is 1. The van der Waals surface area contributed by atoms with E-state index in [4.69, 9.17) is 0 Å². The molecule has 0 aromatic carbocycles. The lowest BCUT2D eigenvalue weighted by molar-refractivity contribution is -0.167. The van der Waals surface area contributed by atoms with Crippen molar-refractivity contribution >= 4 is 11.6 Å². The minimum absolute atomic E-state index is 0.0994. The fourth-order valence-corrected chi connectivity index (χ4v) is 1.11. The summed E-state index contributed by atoms with van der Waals surface area (Å²) < 4.78 is 35.7. The average Bonchev–Trinajstić information content (AvgIpc) is 1.99. The third kappa shape index (κ3) is 3.23. The Hall–Kier alpha value is -1.59. The second-order valence-corrected chi connectivity index (χ2v) is 3.09. The van der Waals surface area contributed by atoms with Crippen LogP contribution >= 0.6 is 0 Å². The molecule has 0 saturated heterocycles. The highest BCUT2D eigenvalue weighted by atomic mass is 19.4. The third-order valence-electron chi connectivity index (χ3n) is 1.60. The van der Waals surface area contributed by atoms with Gasteiger partial charge in [0.1, 0.15) is 0 Å². The van der Waals surface area contributed by atoms with E-state index in [0.717, 1.165) is 0 Å². The lowest BCUT2D eigenvalue weighted by atomic mass is 10.3. The summed E-state index contributed by atoms with van der Waals surface area (Å²) in [5.74, 6) is -1.98. The molecule has 15 heavy (non-hydrogen) atoms. The fourth-order valence-electron chi connectivity index (χ4n) is 1.11. The SMILES string of the molecule is Cc1cc(NC(=O)C(F)(F)F)cc(C)n1. The van der Waals surface area contributed by atoms with E-state index in [0.29, 0.717) is 11.4 Å². The highest BCUT2D eigenvalue weighted by Gasteiger charge is 2.38. The lowest BCUT2D eigenvalue weighted by Crippen LogP contribution is -2.30. The summed E-state index contributed by atoms with van der Waals surface area (Å²) in [7, 11) is 0. The summed E-state index contributed by atoms with van der Waals surface area (Å²) >= 11 is 0. The number of halogens is 3. The van der Waals surface area contributed by atoms with Crippen molar-refractivity contribution < 1.29 is 18.0 Å². The molecule has 0 aliphatic carbocycles. The van der Waals surface area contributed by atoms with Crippen LogP contribution in [0, 0.1) is 13.8 Å². The van der Waals surface area contributed by atoms with Crippen molar-refractivity contribution in [2.75, 3.05) is 5.32 Å². The Labute approximate surface area is 84.3 Å². The maximum Gasteiger partial charge on any atom is 0.471 e. The summed E-state index contributed by atoms with van der Waals surface area (Å²) in [5, 5.41) is 1.76. The minimum atomic E-state index is -4.87. The number of hydrogen-bond acceptors (Lipinski definition) is 2. The predicted molar refractivity (Wildman–Crippen MR) is 48.4 cm³/mol. The molecule has 1 heterocycles. The third-order valence-corrected chi connectivity index (χ3v) is 1.60. The average molecular weight is 218 g/mol. The standard InChI is InChI=1S/C9H9F3N2O/c1-5-3-7(4-6(2)13-5)14-8(15)9(10,11)12/h3-4H,1-2H3,(H,13,14,15). The number of carbonyl (C=O) groups excluding carboxylic acids is 1. The Balaban J connectivity index is 2.86. The molecule has 0 unspecified atom stereocenters. The van der Waals surface area contributed by atoms with Crippen LogP contribution in [0.15, 0.2) is 12.1 Å². The van der Waals surface area contributed by atoms with E-state index in [2.05, 4.69) is 4.98 Å². The van der Waals surface area contributed by atoms with Gasteiger partial charge < -0.3 is 5.32 Å². The number of nitrogens with one attached hydrogen (secondary N) is 1. The van der Waals surface area contributed by atoms with Gasteiger partial charge >= 0.3 is 12.1 Å². The lowest BCUT2D eigenvalue weighted by Gasteiger charge is -2.08. The summed E-state index contributed by atoms with van der Waals surface area (Å²) in [6.07, 6.45) is -4.87. The van der Waals surface area contributed by atoms with Crippen molar-refractivity contribution in [2.24, 2.45) is 0 Å². The summed E-state index contributed by atoms with van der Waals surface area (Å²) in [5.41, 5.74) is 1.20. The van der Waals surface area contributed by atoms with E-state index in [1.54, 1.807) is 19.2 Å². The number of carbonyl (C=O) groups is 1. The molecule has 1 aromatic heterocycles. The van der Waals surface area contributed by atoms with Crippen LogP contribution in [-0.2, 0) is 4.79 Å². The molecular weight excluding hydrogens is 209 g/mol. The molecule has 1 amide bonds. The van der Waals surface area contributed by atoms with Crippen molar-refractivity contribution in [3.05, 3.63) is 23.5 Å². The monoisotopic (exact) mass is 218 g/mol. The minimum Gasteiger partial charge on any atom is -0.318 e. The number of anilines is 1. The van der Waals surface area contributed by atoms with Crippen LogP contribution in [0.4, 0.5) is 18.9 Å². The quantitative estimate of drug-likeness (QED) is 0.785. The molecule has 0 spiro atoms. The van der Waals surface area contributed by atoms with Gasteiger partial charge in [-0.15, -0.1) is 0 Å². The van der Waals surface area contributed by atoms with Gasteiger partial charge in [0.05, 0.1) is 0 Å². The van der Waals surface area contributed by atoms with Crippen LogP contribution < -0.4 is 5.32 Å². The Morgan fingerprint density at radius 3 is 2.13 bits per heavy atom. The van der Waals surface area contributed by atoms with Crippen molar-refractivity contribution in [2.45, 2.75) is 20.0 Å². The van der Waals surface area contributed by atoms with Gasteiger partial charge in [-0.2, -0.15) is 13.2 Å². The van der Waals surface area contributed by atoms with Crippen molar-refractivity contribution in [3.8, 4) is 0 Å². The van der Waals surface area contributed by atoms with E-state index >= 15 is 0 Å². The zero-order chi connectivity index (χ0) is 11.6. The van der Waals surface area contributed by atoms with E-state index in [1.807, 2.05) is 0 Å². The first-order valence-electron chi connectivity index (χ1n) is 4.12. The molecule has 3 nitrogen and oxygen atoms in total. The van der Waals surface area contributed by atoms with Gasteiger partial charge in [0.25, 0.3) is 0 Å². The molecule has 0 atom stereocenters. The number of rotatable bonds is 1. The topological polar surface area (TPSA) is 42.0 Å². The van der Waals surface area contributed by atoms with Crippen molar-refractivity contribution in [1.82, 2.24) is 4.98 Å². The number of alkyl halides is 3. The number of nitrogens with zero attached hydrogens (tertiary/aromatic N) is 1. The van der Waals surface area contributed by atoms with Gasteiger partial charge in [-0.25, -0.2) is 0 Å². The summed E-state index contributed by atoms with van der Waals surface area (Å²) in [4.78, 5) is 14.6. The van der Waals surface area contributed by atoms with Crippen LogP contribution in [0.5, 0.6) is 0 Å². The molecule has 0 saturated carbocycles. The molecule has 1 rings (SSSR count). The Kier molecular flexibility index (Phi) is 2.97. The largest absolute Gasteiger partial charge is 0.471 e. The molecular formula is C9H9F3N2O. The molecule has 82 valence electrons. The van der Waals surface area contributed by atoms with Gasteiger partial charge in [0.2, 0.25) is 0 Å². The summed E-state index contributed by atoms with van der Waals surface area (Å²) in [6, 6.07) is 2.74. The number of amides is 1. The molecule has 1 aromatic rings. The highest BCUT2D eigenvalue weighted by Crippen LogP contribution is 2.18. The molecule has 1 N–H and O–H groups in total. The van der Waals surface area contributed by atoms with Crippen LogP contribution in [-0.4, -0.2) is 17.1 Å². The highest BCUT2D eigenvalue weighted by molar-refractivity contribution is 5.94. The molecule has 0 radical (unpaired) electrons. The normalized spacial score (nSPS) is 11.3.